The lowest BCUT2D eigenvalue weighted by atomic mass is 9.86. The molecule has 1 aliphatic rings. The Morgan fingerprint density at radius 1 is 0.826 bits per heavy atom. The van der Waals surface area contributed by atoms with E-state index in [0.717, 1.165) is 61.5 Å². The molecule has 1 aromatic heterocycles. The molecule has 7 nitrogen and oxygen atoms in total. The lowest BCUT2D eigenvalue weighted by molar-refractivity contribution is -0.375. The molecule has 0 bridgehead atoms. The van der Waals surface area contributed by atoms with Gasteiger partial charge >= 0.3 is 0 Å². The highest BCUT2D eigenvalue weighted by molar-refractivity contribution is 7.19. The van der Waals surface area contributed by atoms with Gasteiger partial charge in [0.15, 0.2) is 0 Å². The third kappa shape index (κ3) is 9.14. The fourth-order valence-corrected chi connectivity index (χ4v) is 6.79. The fraction of sp³-hybridized carbons (Fsp3) is 0.622. The predicted molar refractivity (Wildman–Crippen MR) is 181 cm³/mol. The third-order valence-electron chi connectivity index (χ3n) is 8.46. The van der Waals surface area contributed by atoms with Gasteiger partial charge < -0.3 is 33.9 Å². The van der Waals surface area contributed by atoms with E-state index in [2.05, 4.69) is 27.7 Å². The van der Waals surface area contributed by atoms with E-state index in [0.29, 0.717) is 31.3 Å². The summed E-state index contributed by atoms with van der Waals surface area (Å²) in [5.74, 6) is -2.61. The molecule has 0 spiro atoms. The lowest BCUT2D eigenvalue weighted by Crippen LogP contribution is -2.66. The molecule has 1 saturated heterocycles. The van der Waals surface area contributed by atoms with E-state index in [1.54, 1.807) is 0 Å². The molecule has 2 aromatic carbocycles. The van der Waals surface area contributed by atoms with Crippen LogP contribution in [-0.4, -0.2) is 67.7 Å². The molecular weight excluding hydrogens is 607 g/mol. The van der Waals surface area contributed by atoms with Gasteiger partial charge in [0.05, 0.1) is 6.61 Å². The number of thiophene rings is 1. The van der Waals surface area contributed by atoms with Crippen molar-refractivity contribution in [1.29, 1.82) is 0 Å². The first-order valence-corrected chi connectivity index (χ1v) is 18.0. The second kappa shape index (κ2) is 18.6. The van der Waals surface area contributed by atoms with Gasteiger partial charge in [-0.25, -0.2) is 4.39 Å². The van der Waals surface area contributed by atoms with Crippen LogP contribution in [0.25, 0.3) is 10.1 Å². The van der Waals surface area contributed by atoms with E-state index in [-0.39, 0.29) is 17.7 Å². The van der Waals surface area contributed by atoms with Gasteiger partial charge in [-0.1, -0.05) is 77.6 Å². The van der Waals surface area contributed by atoms with Crippen LogP contribution in [0.4, 0.5) is 4.39 Å². The lowest BCUT2D eigenvalue weighted by Gasteiger charge is -2.50. The third-order valence-corrected chi connectivity index (χ3v) is 9.63. The van der Waals surface area contributed by atoms with Crippen LogP contribution in [0.15, 0.2) is 48.5 Å². The van der Waals surface area contributed by atoms with Crippen LogP contribution in [0.2, 0.25) is 0 Å². The van der Waals surface area contributed by atoms with Crippen molar-refractivity contribution in [2.24, 2.45) is 0 Å². The highest BCUT2D eigenvalue weighted by Crippen LogP contribution is 2.43. The summed E-state index contributed by atoms with van der Waals surface area (Å²) in [5, 5.41) is 25.1. The summed E-state index contributed by atoms with van der Waals surface area (Å²) < 4.78 is 48.5. The number of unbranched alkanes of at least 4 members (excludes halogenated alkanes) is 4. The topological polar surface area (TPSA) is 86.6 Å². The number of benzene rings is 2. The van der Waals surface area contributed by atoms with Crippen molar-refractivity contribution >= 4 is 21.4 Å². The molecule has 9 heteroatoms. The molecular formula is C37H53FO7S. The Morgan fingerprint density at radius 2 is 1.46 bits per heavy atom. The Balaban J connectivity index is 1.76. The first-order valence-electron chi connectivity index (χ1n) is 17.2. The van der Waals surface area contributed by atoms with Crippen LogP contribution in [0.3, 0.4) is 0 Å². The molecule has 1 aliphatic heterocycles. The van der Waals surface area contributed by atoms with Gasteiger partial charge in [-0.2, -0.15) is 0 Å². The summed E-state index contributed by atoms with van der Waals surface area (Å²) in [4.78, 5) is 0.608. The summed E-state index contributed by atoms with van der Waals surface area (Å²) in [7, 11) is 0. The van der Waals surface area contributed by atoms with Crippen molar-refractivity contribution in [2.45, 2.75) is 115 Å². The number of ether oxygens (including phenoxy) is 5. The predicted octanol–water partition coefficient (Wildman–Crippen LogP) is 8.04. The number of rotatable bonds is 20. The zero-order valence-electron chi connectivity index (χ0n) is 27.9. The molecule has 0 saturated carbocycles. The summed E-state index contributed by atoms with van der Waals surface area (Å²) in [6.07, 6.45) is 3.04. The van der Waals surface area contributed by atoms with E-state index in [9.17, 15) is 10.2 Å². The van der Waals surface area contributed by atoms with Crippen molar-refractivity contribution in [1.82, 2.24) is 0 Å². The minimum atomic E-state index is -2.03. The van der Waals surface area contributed by atoms with Gasteiger partial charge in [-0.15, -0.1) is 11.3 Å². The summed E-state index contributed by atoms with van der Waals surface area (Å²) in [6, 6.07) is 14.0. The van der Waals surface area contributed by atoms with Crippen molar-refractivity contribution in [3.05, 3.63) is 70.4 Å². The molecule has 0 amide bonds. The molecule has 0 aliphatic carbocycles. The maximum atomic E-state index is 15.5. The maximum Gasteiger partial charge on any atom is 0.222 e. The Labute approximate surface area is 278 Å². The standard InChI is InChI=1S/C37H53FO7S/c1-5-9-19-41-25-30-34(42-20-10-6-2)35(43-21-11-7-3)36(44-22-12-8-4)37(40,45-30)27-17-18-29(38)28(24-27)33(39)32-23-26-15-13-14-16-31(26)46-32/h13-18,23-24,30,33-36,39-40H,5-12,19-22,25H2,1-4H3/t30-,33?,34-,35+,36-,37?/m1/s1. The molecule has 6 atom stereocenters. The van der Waals surface area contributed by atoms with Gasteiger partial charge in [0.1, 0.15) is 36.3 Å². The van der Waals surface area contributed by atoms with Gasteiger partial charge in [0.2, 0.25) is 5.79 Å². The van der Waals surface area contributed by atoms with Crippen LogP contribution < -0.4 is 0 Å². The van der Waals surface area contributed by atoms with Crippen LogP contribution in [0, 0.1) is 5.82 Å². The van der Waals surface area contributed by atoms with Gasteiger partial charge in [-0.3, -0.25) is 0 Å². The molecule has 2 unspecified atom stereocenters. The first-order chi connectivity index (χ1) is 22.4. The van der Waals surface area contributed by atoms with Crippen LogP contribution >= 0.6 is 11.3 Å². The molecule has 2 heterocycles. The smallest absolute Gasteiger partial charge is 0.222 e. The summed E-state index contributed by atoms with van der Waals surface area (Å²) >= 11 is 1.41. The Morgan fingerprint density at radius 3 is 2.13 bits per heavy atom. The van der Waals surface area contributed by atoms with Gasteiger partial charge in [-0.05, 0) is 55.3 Å². The quantitative estimate of drug-likeness (QED) is 0.119. The number of aliphatic hydroxyl groups excluding tert-OH is 1. The molecule has 3 aromatic rings. The summed E-state index contributed by atoms with van der Waals surface area (Å²) in [5.41, 5.74) is 0.328. The number of aliphatic hydroxyl groups is 2. The molecule has 1 fully saturated rings. The first kappa shape index (κ1) is 36.9. The summed E-state index contributed by atoms with van der Waals surface area (Å²) in [6.45, 7) is 10.5. The maximum absolute atomic E-state index is 15.5. The van der Waals surface area contributed by atoms with Gasteiger partial charge in [0.25, 0.3) is 0 Å². The highest BCUT2D eigenvalue weighted by Gasteiger charge is 2.57. The fourth-order valence-electron chi connectivity index (χ4n) is 5.72. The van der Waals surface area contributed by atoms with E-state index < -0.39 is 42.1 Å². The Hall–Kier alpha value is -1.95. The molecule has 256 valence electrons. The van der Waals surface area contributed by atoms with Crippen molar-refractivity contribution < 1.29 is 38.3 Å². The van der Waals surface area contributed by atoms with Crippen LogP contribution in [0.5, 0.6) is 0 Å². The Bertz CT molecular complexity index is 1280. The normalized spacial score (nSPS) is 24.1. The van der Waals surface area contributed by atoms with Crippen molar-refractivity contribution in [3.8, 4) is 0 Å². The van der Waals surface area contributed by atoms with Crippen molar-refractivity contribution in [3.63, 3.8) is 0 Å². The molecule has 46 heavy (non-hydrogen) atoms. The van der Waals surface area contributed by atoms with E-state index in [1.165, 1.54) is 29.5 Å². The largest absolute Gasteiger partial charge is 0.383 e. The Kier molecular flexibility index (Phi) is 14.9. The monoisotopic (exact) mass is 660 g/mol. The number of hydrogen-bond acceptors (Lipinski definition) is 8. The highest BCUT2D eigenvalue weighted by atomic mass is 32.1. The van der Waals surface area contributed by atoms with E-state index in [4.69, 9.17) is 23.7 Å². The van der Waals surface area contributed by atoms with Crippen LogP contribution in [-0.2, 0) is 29.5 Å². The minimum Gasteiger partial charge on any atom is -0.383 e. The molecule has 2 N–H and O–H groups in total. The number of halogens is 1. The van der Waals surface area contributed by atoms with E-state index >= 15 is 4.39 Å². The van der Waals surface area contributed by atoms with Crippen molar-refractivity contribution in [2.75, 3.05) is 33.0 Å². The molecule has 4 rings (SSSR count). The van der Waals surface area contributed by atoms with E-state index in [1.807, 2.05) is 30.3 Å². The molecule has 0 radical (unpaired) electrons. The average molecular weight is 661 g/mol. The SMILES string of the molecule is CCCCOC[C@H]1OC(O)(c2ccc(F)c(C(O)c3cc4ccccc4s3)c2)[C@H](OCCCC)[C@@H](OCCCC)[C@@H]1OCCCC. The zero-order chi connectivity index (χ0) is 32.9. The second-order valence-electron chi connectivity index (χ2n) is 12.1. The van der Waals surface area contributed by atoms with Crippen LogP contribution in [0.1, 0.15) is 101 Å². The zero-order valence-corrected chi connectivity index (χ0v) is 28.7. The number of fused-ring (bicyclic) bond motifs is 1. The van der Waals surface area contributed by atoms with Gasteiger partial charge in [0, 0.05) is 47.1 Å². The minimum absolute atomic E-state index is 0.0499. The second-order valence-corrected chi connectivity index (χ2v) is 13.2. The number of hydrogen-bond donors (Lipinski definition) is 2. The average Bonchev–Trinajstić information content (AvgIpc) is 3.50.